The number of hydrogen-bond acceptors (Lipinski definition) is 5. The smallest absolute Gasteiger partial charge is 0.240 e. The summed E-state index contributed by atoms with van der Waals surface area (Å²) in [6, 6.07) is 17.0. The van der Waals surface area contributed by atoms with Crippen molar-refractivity contribution in [1.82, 2.24) is 9.88 Å². The molecule has 0 aliphatic carbocycles. The van der Waals surface area contributed by atoms with Crippen molar-refractivity contribution >= 4 is 28.3 Å². The number of piperidine rings is 1. The second-order valence-corrected chi connectivity index (χ2v) is 8.89. The molecule has 0 radical (unpaired) electrons. The summed E-state index contributed by atoms with van der Waals surface area (Å²) in [5.74, 6) is 0.528. The van der Waals surface area contributed by atoms with E-state index in [0.29, 0.717) is 31.6 Å². The van der Waals surface area contributed by atoms with Gasteiger partial charge in [-0.2, -0.15) is 0 Å². The number of benzene rings is 2. The van der Waals surface area contributed by atoms with Crippen molar-refractivity contribution in [3.63, 3.8) is 0 Å². The molecule has 2 heterocycles. The third-order valence-electron chi connectivity index (χ3n) is 6.58. The lowest BCUT2D eigenvalue weighted by molar-refractivity contribution is -0.142. The van der Waals surface area contributed by atoms with Crippen LogP contribution in [0.3, 0.4) is 0 Å². The van der Waals surface area contributed by atoms with Crippen LogP contribution in [0.2, 0.25) is 0 Å². The summed E-state index contributed by atoms with van der Waals surface area (Å²) in [6.07, 6.45) is 6.66. The number of anilines is 1. The highest BCUT2D eigenvalue weighted by molar-refractivity contribution is 5.92. The summed E-state index contributed by atoms with van der Waals surface area (Å²) in [7, 11) is 0. The van der Waals surface area contributed by atoms with Crippen LogP contribution in [0.1, 0.15) is 43.2 Å². The predicted molar refractivity (Wildman–Crippen MR) is 132 cm³/mol. The second-order valence-electron chi connectivity index (χ2n) is 8.89. The molecule has 4 rings (SSSR count). The van der Waals surface area contributed by atoms with Crippen LogP contribution in [-0.4, -0.2) is 40.2 Å². The first-order chi connectivity index (χ1) is 16.0. The monoisotopic (exact) mass is 444 g/mol. The van der Waals surface area contributed by atoms with Crippen LogP contribution in [0.4, 0.5) is 5.82 Å². The van der Waals surface area contributed by atoms with Crippen LogP contribution in [-0.2, 0) is 22.4 Å². The summed E-state index contributed by atoms with van der Waals surface area (Å²) in [5, 5.41) is 1.94. The standard InChI is InChI=1S/C27H32N4O2/c28-23(13-10-19-6-2-1-3-7-19)27(33)31-17-5-4-8-24(31)25(32)14-11-20-9-12-22-21(18-20)15-16-30-26(22)29/h1-3,6-7,9,12,15-16,18,23-24H,4-5,8,10-11,13-14,17,28H2,(H2,29,30)/t23-,24+/m1/s1. The molecule has 0 unspecified atom stereocenters. The number of nitrogens with two attached hydrogens (primary N) is 2. The highest BCUT2D eigenvalue weighted by atomic mass is 16.2. The first kappa shape index (κ1) is 22.9. The summed E-state index contributed by atoms with van der Waals surface area (Å²) in [6.45, 7) is 0.608. The molecule has 2 aromatic carbocycles. The average Bonchev–Trinajstić information content (AvgIpc) is 2.86. The number of aromatic nitrogens is 1. The average molecular weight is 445 g/mol. The van der Waals surface area contributed by atoms with Gasteiger partial charge in [-0.1, -0.05) is 48.5 Å². The topological polar surface area (TPSA) is 102 Å². The maximum absolute atomic E-state index is 13.1. The van der Waals surface area contributed by atoms with E-state index in [1.165, 1.54) is 5.56 Å². The van der Waals surface area contributed by atoms with Gasteiger partial charge in [-0.15, -0.1) is 0 Å². The molecule has 33 heavy (non-hydrogen) atoms. The third kappa shape index (κ3) is 5.57. The first-order valence-electron chi connectivity index (χ1n) is 11.8. The number of ketones is 1. The predicted octanol–water partition coefficient (Wildman–Crippen LogP) is 3.66. The molecule has 1 saturated heterocycles. The van der Waals surface area contributed by atoms with Gasteiger partial charge in [0.1, 0.15) is 5.82 Å². The molecule has 1 aliphatic rings. The second kappa shape index (κ2) is 10.6. The molecule has 6 heteroatoms. The SMILES string of the molecule is Nc1nccc2cc(CCC(=O)[C@@H]3CCCCN3C(=O)[C@H](N)CCc3ccccc3)ccc12. The molecule has 172 valence electrons. The van der Waals surface area contributed by atoms with E-state index in [1.54, 1.807) is 11.1 Å². The van der Waals surface area contributed by atoms with E-state index in [1.807, 2.05) is 48.5 Å². The molecule has 0 bridgehead atoms. The van der Waals surface area contributed by atoms with Gasteiger partial charge in [0.05, 0.1) is 12.1 Å². The van der Waals surface area contributed by atoms with Crippen molar-refractivity contribution in [2.45, 2.75) is 57.0 Å². The molecule has 2 atom stereocenters. The minimum atomic E-state index is -0.585. The minimum Gasteiger partial charge on any atom is -0.383 e. The van der Waals surface area contributed by atoms with E-state index in [0.717, 1.165) is 42.0 Å². The number of pyridine rings is 1. The summed E-state index contributed by atoms with van der Waals surface area (Å²) in [5.41, 5.74) is 14.5. The largest absolute Gasteiger partial charge is 0.383 e. The van der Waals surface area contributed by atoms with Gasteiger partial charge >= 0.3 is 0 Å². The number of nitrogen functional groups attached to an aromatic ring is 1. The third-order valence-corrected chi connectivity index (χ3v) is 6.58. The van der Waals surface area contributed by atoms with Crippen molar-refractivity contribution in [2.75, 3.05) is 12.3 Å². The quantitative estimate of drug-likeness (QED) is 0.552. The summed E-state index contributed by atoms with van der Waals surface area (Å²) >= 11 is 0. The van der Waals surface area contributed by atoms with E-state index in [4.69, 9.17) is 11.5 Å². The van der Waals surface area contributed by atoms with Gasteiger partial charge in [0.2, 0.25) is 5.91 Å². The van der Waals surface area contributed by atoms with Gasteiger partial charge in [0.25, 0.3) is 0 Å². The van der Waals surface area contributed by atoms with Crippen LogP contribution in [0, 0.1) is 0 Å². The van der Waals surface area contributed by atoms with Gasteiger partial charge in [0, 0.05) is 24.5 Å². The number of nitrogens with zero attached hydrogens (tertiary/aromatic N) is 2. The molecule has 0 saturated carbocycles. The van der Waals surface area contributed by atoms with Gasteiger partial charge in [-0.05, 0) is 61.1 Å². The van der Waals surface area contributed by atoms with Gasteiger partial charge < -0.3 is 16.4 Å². The minimum absolute atomic E-state index is 0.0994. The maximum Gasteiger partial charge on any atom is 0.240 e. The van der Waals surface area contributed by atoms with Crippen molar-refractivity contribution in [1.29, 1.82) is 0 Å². The lowest BCUT2D eigenvalue weighted by Crippen LogP contribution is -2.53. The van der Waals surface area contributed by atoms with E-state index < -0.39 is 6.04 Å². The number of Topliss-reactive ketones (excluding diaryl/α,β-unsaturated/α-hetero) is 1. The Balaban J connectivity index is 1.36. The van der Waals surface area contributed by atoms with Crippen LogP contribution >= 0.6 is 0 Å². The zero-order valence-electron chi connectivity index (χ0n) is 19.0. The van der Waals surface area contributed by atoms with Crippen LogP contribution in [0.15, 0.2) is 60.8 Å². The number of fused-ring (bicyclic) bond motifs is 1. The highest BCUT2D eigenvalue weighted by Gasteiger charge is 2.33. The van der Waals surface area contributed by atoms with E-state index in [-0.39, 0.29) is 17.7 Å². The molecule has 1 fully saturated rings. The molecule has 4 N–H and O–H groups in total. The Morgan fingerprint density at radius 1 is 1.03 bits per heavy atom. The molecule has 1 amide bonds. The number of likely N-dealkylation sites (tertiary alicyclic amines) is 1. The Morgan fingerprint density at radius 3 is 2.67 bits per heavy atom. The number of carbonyl (C=O) groups is 2. The van der Waals surface area contributed by atoms with Crippen molar-refractivity contribution in [3.8, 4) is 0 Å². The van der Waals surface area contributed by atoms with Crippen LogP contribution in [0.25, 0.3) is 10.8 Å². The van der Waals surface area contributed by atoms with Crippen LogP contribution in [0.5, 0.6) is 0 Å². The van der Waals surface area contributed by atoms with Gasteiger partial charge in [-0.3, -0.25) is 9.59 Å². The highest BCUT2D eigenvalue weighted by Crippen LogP contribution is 2.23. The van der Waals surface area contributed by atoms with Crippen LogP contribution < -0.4 is 11.5 Å². The molecule has 3 aromatic rings. The number of rotatable bonds is 8. The van der Waals surface area contributed by atoms with Gasteiger partial charge in [-0.25, -0.2) is 4.98 Å². The van der Waals surface area contributed by atoms with Crippen molar-refractivity contribution < 1.29 is 9.59 Å². The van der Waals surface area contributed by atoms with Crippen molar-refractivity contribution in [2.24, 2.45) is 5.73 Å². The number of carbonyl (C=O) groups excluding carboxylic acids is 2. The number of amides is 1. The number of hydrogen-bond donors (Lipinski definition) is 2. The van der Waals surface area contributed by atoms with Crippen molar-refractivity contribution in [3.05, 3.63) is 71.9 Å². The fourth-order valence-electron chi connectivity index (χ4n) is 4.67. The maximum atomic E-state index is 13.1. The Labute approximate surface area is 195 Å². The molecule has 0 spiro atoms. The fraction of sp³-hybridized carbons (Fsp3) is 0.370. The lowest BCUT2D eigenvalue weighted by Gasteiger charge is -2.36. The Hall–Kier alpha value is -3.25. The molecular formula is C27H32N4O2. The van der Waals surface area contributed by atoms with E-state index in [9.17, 15) is 9.59 Å². The zero-order chi connectivity index (χ0) is 23.2. The van der Waals surface area contributed by atoms with E-state index >= 15 is 0 Å². The lowest BCUT2D eigenvalue weighted by atomic mass is 9.93. The summed E-state index contributed by atoms with van der Waals surface area (Å²) < 4.78 is 0. The zero-order valence-corrected chi connectivity index (χ0v) is 19.0. The Bertz CT molecular complexity index is 1120. The fourth-order valence-corrected chi connectivity index (χ4v) is 4.67. The first-order valence-corrected chi connectivity index (χ1v) is 11.8. The number of aryl methyl sites for hydroxylation is 2. The molecule has 1 aliphatic heterocycles. The van der Waals surface area contributed by atoms with E-state index in [2.05, 4.69) is 11.1 Å². The molecule has 6 nitrogen and oxygen atoms in total. The van der Waals surface area contributed by atoms with Gasteiger partial charge in [0.15, 0.2) is 5.78 Å². The molecule has 1 aromatic heterocycles. The Morgan fingerprint density at radius 2 is 1.85 bits per heavy atom. The molecular weight excluding hydrogens is 412 g/mol. The summed E-state index contributed by atoms with van der Waals surface area (Å²) in [4.78, 5) is 32.1. The Kier molecular flexibility index (Phi) is 7.35. The normalized spacial score (nSPS) is 17.1.